The molecule has 2 aliphatic rings. The number of nitrogens with one attached hydrogen (secondary N) is 1. The van der Waals surface area contributed by atoms with E-state index in [9.17, 15) is 0 Å². The molecule has 0 spiro atoms. The standard InChI is InChI=1S/C33H27NS/c1-33(2)28-20-24(34-23-14-12-22(13-15-23)21-8-4-3-5-9-21)16-17-25(28)26-18-19-30-31(32(26)33)27-10-6-7-11-29(27)35-30/h3-12,14,16-20,34H,13,15H2,1-2H3. The van der Waals surface area contributed by atoms with Crippen LogP contribution in [0, 0.1) is 0 Å². The van der Waals surface area contributed by atoms with Crippen molar-refractivity contribution in [3.8, 4) is 11.1 Å². The molecule has 0 aliphatic heterocycles. The second kappa shape index (κ2) is 7.69. The van der Waals surface area contributed by atoms with Gasteiger partial charge in [0.1, 0.15) is 0 Å². The van der Waals surface area contributed by atoms with Crippen molar-refractivity contribution in [3.05, 3.63) is 119 Å². The van der Waals surface area contributed by atoms with E-state index in [0.717, 1.165) is 12.8 Å². The summed E-state index contributed by atoms with van der Waals surface area (Å²) in [6.07, 6.45) is 6.61. The molecule has 4 aromatic carbocycles. The molecule has 35 heavy (non-hydrogen) atoms. The van der Waals surface area contributed by atoms with Crippen LogP contribution in [0.25, 0.3) is 36.9 Å². The molecule has 1 nitrogen and oxygen atoms in total. The van der Waals surface area contributed by atoms with E-state index in [1.54, 1.807) is 0 Å². The largest absolute Gasteiger partial charge is 0.359 e. The monoisotopic (exact) mass is 469 g/mol. The van der Waals surface area contributed by atoms with E-state index in [-0.39, 0.29) is 5.41 Å². The molecule has 0 atom stereocenters. The van der Waals surface area contributed by atoms with Gasteiger partial charge in [-0.25, -0.2) is 0 Å². The zero-order valence-electron chi connectivity index (χ0n) is 20.1. The fourth-order valence-corrected chi connectivity index (χ4v) is 7.13. The van der Waals surface area contributed by atoms with Gasteiger partial charge in [0, 0.05) is 37.0 Å². The molecule has 1 N–H and O–H groups in total. The maximum atomic E-state index is 3.73. The van der Waals surface area contributed by atoms with Crippen LogP contribution < -0.4 is 5.32 Å². The quantitative estimate of drug-likeness (QED) is 0.277. The van der Waals surface area contributed by atoms with Gasteiger partial charge in [-0.2, -0.15) is 0 Å². The van der Waals surface area contributed by atoms with Gasteiger partial charge in [0.15, 0.2) is 0 Å². The highest BCUT2D eigenvalue weighted by Crippen LogP contribution is 2.54. The molecule has 2 aliphatic carbocycles. The summed E-state index contributed by atoms with van der Waals surface area (Å²) >= 11 is 1.91. The highest BCUT2D eigenvalue weighted by Gasteiger charge is 2.37. The van der Waals surface area contributed by atoms with Crippen molar-refractivity contribution in [2.75, 3.05) is 5.32 Å². The highest BCUT2D eigenvalue weighted by molar-refractivity contribution is 7.25. The van der Waals surface area contributed by atoms with Crippen LogP contribution in [0.2, 0.25) is 0 Å². The van der Waals surface area contributed by atoms with E-state index in [0.29, 0.717) is 0 Å². The fraction of sp³-hybridized carbons (Fsp3) is 0.152. The van der Waals surface area contributed by atoms with Crippen LogP contribution in [0.15, 0.2) is 103 Å². The van der Waals surface area contributed by atoms with Crippen molar-refractivity contribution in [2.45, 2.75) is 32.1 Å². The van der Waals surface area contributed by atoms with E-state index < -0.39 is 0 Å². The molecule has 1 aromatic heterocycles. The first-order chi connectivity index (χ1) is 17.1. The van der Waals surface area contributed by atoms with Crippen LogP contribution in [0.4, 0.5) is 5.69 Å². The lowest BCUT2D eigenvalue weighted by atomic mass is 9.80. The first-order valence-corrected chi connectivity index (χ1v) is 13.2. The van der Waals surface area contributed by atoms with Crippen molar-refractivity contribution in [2.24, 2.45) is 0 Å². The van der Waals surface area contributed by atoms with Crippen LogP contribution in [-0.4, -0.2) is 0 Å². The van der Waals surface area contributed by atoms with E-state index in [4.69, 9.17) is 0 Å². The van der Waals surface area contributed by atoms with Gasteiger partial charge < -0.3 is 5.32 Å². The Morgan fingerprint density at radius 1 is 0.743 bits per heavy atom. The average molecular weight is 470 g/mol. The zero-order chi connectivity index (χ0) is 23.6. The molecule has 0 bridgehead atoms. The minimum atomic E-state index is -0.0486. The Labute approximate surface area is 210 Å². The lowest BCUT2D eigenvalue weighted by molar-refractivity contribution is 0.667. The van der Waals surface area contributed by atoms with Crippen LogP contribution in [0.3, 0.4) is 0 Å². The summed E-state index contributed by atoms with van der Waals surface area (Å²) in [6.45, 7) is 4.78. The molecule has 0 unspecified atom stereocenters. The predicted octanol–water partition coefficient (Wildman–Crippen LogP) is 9.53. The number of rotatable bonds is 3. The highest BCUT2D eigenvalue weighted by atomic mass is 32.1. The number of fused-ring (bicyclic) bond motifs is 7. The molecule has 7 rings (SSSR count). The minimum Gasteiger partial charge on any atom is -0.359 e. The number of hydrogen-bond acceptors (Lipinski definition) is 2. The Morgan fingerprint density at radius 3 is 2.37 bits per heavy atom. The van der Waals surface area contributed by atoms with Gasteiger partial charge in [0.25, 0.3) is 0 Å². The topological polar surface area (TPSA) is 12.0 Å². The summed E-state index contributed by atoms with van der Waals surface area (Å²) in [4.78, 5) is 0. The minimum absolute atomic E-state index is 0.0486. The molecule has 0 amide bonds. The number of allylic oxidation sites excluding steroid dienone is 4. The number of thiophene rings is 1. The third-order valence-electron chi connectivity index (χ3n) is 7.75. The second-order valence-electron chi connectivity index (χ2n) is 10.2. The maximum Gasteiger partial charge on any atom is 0.0385 e. The summed E-state index contributed by atoms with van der Waals surface area (Å²) in [5, 5.41) is 6.55. The summed E-state index contributed by atoms with van der Waals surface area (Å²) < 4.78 is 2.76. The summed E-state index contributed by atoms with van der Waals surface area (Å²) in [7, 11) is 0. The molecule has 170 valence electrons. The van der Waals surface area contributed by atoms with Gasteiger partial charge in [-0.1, -0.05) is 80.6 Å². The second-order valence-corrected chi connectivity index (χ2v) is 11.3. The van der Waals surface area contributed by atoms with Crippen molar-refractivity contribution in [1.29, 1.82) is 0 Å². The molecule has 0 saturated carbocycles. The molecular weight excluding hydrogens is 442 g/mol. The van der Waals surface area contributed by atoms with E-state index in [1.807, 2.05) is 11.3 Å². The molecule has 0 radical (unpaired) electrons. The van der Waals surface area contributed by atoms with Crippen LogP contribution in [0.5, 0.6) is 0 Å². The predicted molar refractivity (Wildman–Crippen MR) is 152 cm³/mol. The normalized spacial score (nSPS) is 16.1. The van der Waals surface area contributed by atoms with Gasteiger partial charge in [-0.15, -0.1) is 11.3 Å². The van der Waals surface area contributed by atoms with Gasteiger partial charge >= 0.3 is 0 Å². The lowest BCUT2D eigenvalue weighted by Gasteiger charge is -2.24. The first kappa shape index (κ1) is 20.7. The molecule has 5 aromatic rings. The summed E-state index contributed by atoms with van der Waals surface area (Å²) in [5.74, 6) is 0. The first-order valence-electron chi connectivity index (χ1n) is 12.4. The van der Waals surface area contributed by atoms with E-state index in [2.05, 4.69) is 116 Å². The Hall–Kier alpha value is -3.62. The number of hydrogen-bond donors (Lipinski definition) is 1. The Balaban J connectivity index is 1.26. The van der Waals surface area contributed by atoms with E-state index >= 15 is 0 Å². The molecule has 1 heterocycles. The Bertz CT molecular complexity index is 1680. The van der Waals surface area contributed by atoms with Gasteiger partial charge in [-0.3, -0.25) is 0 Å². The maximum absolute atomic E-state index is 3.73. The SMILES string of the molecule is CC1(C)c2cc(NC3=CC=C(c4ccccc4)CC3)ccc2-c2ccc3sc4ccccc4c3c21. The van der Waals surface area contributed by atoms with Gasteiger partial charge in [0.05, 0.1) is 0 Å². The molecule has 0 saturated heterocycles. The zero-order valence-corrected chi connectivity index (χ0v) is 20.9. The van der Waals surface area contributed by atoms with E-state index in [1.165, 1.54) is 64.9 Å². The molecule has 2 heteroatoms. The summed E-state index contributed by atoms with van der Waals surface area (Å²) in [6, 6.07) is 31.2. The fourth-order valence-electron chi connectivity index (χ4n) is 6.02. The Morgan fingerprint density at radius 2 is 1.54 bits per heavy atom. The van der Waals surface area contributed by atoms with Crippen LogP contribution in [-0.2, 0) is 5.41 Å². The Kier molecular flexibility index (Phi) is 4.56. The average Bonchev–Trinajstić information content (AvgIpc) is 3.37. The van der Waals surface area contributed by atoms with Crippen molar-refractivity contribution < 1.29 is 0 Å². The number of anilines is 1. The van der Waals surface area contributed by atoms with Gasteiger partial charge in [-0.05, 0) is 76.6 Å². The molecule has 0 fully saturated rings. The van der Waals surface area contributed by atoms with Crippen LogP contribution >= 0.6 is 11.3 Å². The third-order valence-corrected chi connectivity index (χ3v) is 8.89. The van der Waals surface area contributed by atoms with Gasteiger partial charge in [0.2, 0.25) is 0 Å². The molecular formula is C33H27NS. The van der Waals surface area contributed by atoms with Crippen molar-refractivity contribution in [3.63, 3.8) is 0 Å². The van der Waals surface area contributed by atoms with Crippen LogP contribution in [0.1, 0.15) is 43.4 Å². The third kappa shape index (κ3) is 3.20. The van der Waals surface area contributed by atoms with Crippen molar-refractivity contribution in [1.82, 2.24) is 0 Å². The smallest absolute Gasteiger partial charge is 0.0385 e. The summed E-state index contributed by atoms with van der Waals surface area (Å²) in [5.41, 5.74) is 10.8. The van der Waals surface area contributed by atoms with Crippen molar-refractivity contribution >= 4 is 42.8 Å². The lowest BCUT2D eigenvalue weighted by Crippen LogP contribution is -2.15. The number of benzene rings is 4.